The number of carbonyl (C=O) groups excluding carboxylic acids is 1. The first-order valence-electron chi connectivity index (χ1n) is 8.10. The van der Waals surface area contributed by atoms with Crippen LogP contribution in [0.25, 0.3) is 11.8 Å². The van der Waals surface area contributed by atoms with E-state index < -0.39 is 0 Å². The third kappa shape index (κ3) is 3.23. The van der Waals surface area contributed by atoms with Gasteiger partial charge in [0.05, 0.1) is 0 Å². The van der Waals surface area contributed by atoms with Gasteiger partial charge in [-0.1, -0.05) is 42.5 Å². The van der Waals surface area contributed by atoms with E-state index in [-0.39, 0.29) is 5.78 Å². The molecule has 1 heterocycles. The Bertz CT molecular complexity index is 901. The van der Waals surface area contributed by atoms with Gasteiger partial charge in [-0.2, -0.15) is 0 Å². The largest absolute Gasteiger partial charge is 0.318 e. The van der Waals surface area contributed by atoms with E-state index in [2.05, 4.69) is 55.7 Å². The van der Waals surface area contributed by atoms with Crippen molar-refractivity contribution in [1.29, 1.82) is 0 Å². The van der Waals surface area contributed by atoms with Crippen LogP contribution in [-0.4, -0.2) is 10.4 Å². The molecule has 3 aromatic rings. The molecule has 2 nitrogen and oxygen atoms in total. The molecule has 0 N–H and O–H groups in total. The summed E-state index contributed by atoms with van der Waals surface area (Å²) in [5, 5.41) is 0. The fraction of sp³-hybridized carbons (Fsp3) is 0.136. The Morgan fingerprint density at radius 3 is 2.38 bits per heavy atom. The topological polar surface area (TPSA) is 22.0 Å². The lowest BCUT2D eigenvalue weighted by Gasteiger charge is -2.10. The van der Waals surface area contributed by atoms with Crippen LogP contribution < -0.4 is 0 Å². The molecule has 1 aromatic heterocycles. The van der Waals surface area contributed by atoms with Gasteiger partial charge in [0.15, 0.2) is 5.78 Å². The van der Waals surface area contributed by atoms with E-state index in [1.54, 1.807) is 6.08 Å². The van der Waals surface area contributed by atoms with Gasteiger partial charge in [-0.05, 0) is 62.2 Å². The van der Waals surface area contributed by atoms with Gasteiger partial charge in [0.25, 0.3) is 0 Å². The molecule has 0 amide bonds. The van der Waals surface area contributed by atoms with Crippen LogP contribution in [0.1, 0.15) is 32.9 Å². The first-order valence-corrected chi connectivity index (χ1v) is 8.10. The predicted molar refractivity (Wildman–Crippen MR) is 99.8 cm³/mol. The number of rotatable bonds is 4. The summed E-state index contributed by atoms with van der Waals surface area (Å²) in [4.78, 5) is 12.2. The number of benzene rings is 2. The average Bonchev–Trinajstić information content (AvgIpc) is 2.87. The van der Waals surface area contributed by atoms with Gasteiger partial charge in [-0.3, -0.25) is 4.79 Å². The molecule has 0 spiro atoms. The van der Waals surface area contributed by atoms with Crippen LogP contribution in [-0.2, 0) is 0 Å². The lowest BCUT2D eigenvalue weighted by molar-refractivity contribution is 0.104. The summed E-state index contributed by atoms with van der Waals surface area (Å²) in [7, 11) is 0. The number of aryl methyl sites for hydroxylation is 2. The van der Waals surface area contributed by atoms with E-state index in [4.69, 9.17) is 0 Å². The van der Waals surface area contributed by atoms with Crippen molar-refractivity contribution in [1.82, 2.24) is 4.57 Å². The highest BCUT2D eigenvalue weighted by atomic mass is 16.1. The summed E-state index contributed by atoms with van der Waals surface area (Å²) in [5.41, 5.74) is 6.45. The Hall–Kier alpha value is -2.87. The molecule has 0 fully saturated rings. The summed E-state index contributed by atoms with van der Waals surface area (Å²) in [6, 6.07) is 19.9. The zero-order valence-electron chi connectivity index (χ0n) is 14.3. The standard InChI is InChI=1S/C22H21NO/c1-16-8-7-11-21(14-16)23-17(2)15-20(18(23)3)12-13-22(24)19-9-5-4-6-10-19/h4-15H,1-3H3/b13-12+. The highest BCUT2D eigenvalue weighted by molar-refractivity contribution is 6.06. The molecule has 0 aliphatic rings. The van der Waals surface area contributed by atoms with E-state index >= 15 is 0 Å². The fourth-order valence-electron chi connectivity index (χ4n) is 2.98. The molecule has 0 unspecified atom stereocenters. The molecule has 2 heteroatoms. The molecule has 0 saturated heterocycles. The van der Waals surface area contributed by atoms with Crippen LogP contribution in [0, 0.1) is 20.8 Å². The molecule has 24 heavy (non-hydrogen) atoms. The van der Waals surface area contributed by atoms with Crippen molar-refractivity contribution in [2.75, 3.05) is 0 Å². The molecule has 0 aliphatic carbocycles. The van der Waals surface area contributed by atoms with Crippen molar-refractivity contribution in [2.45, 2.75) is 20.8 Å². The Balaban J connectivity index is 1.92. The van der Waals surface area contributed by atoms with Gasteiger partial charge in [-0.25, -0.2) is 0 Å². The second-order valence-corrected chi connectivity index (χ2v) is 6.06. The molecular weight excluding hydrogens is 294 g/mol. The highest BCUT2D eigenvalue weighted by Gasteiger charge is 2.09. The molecule has 0 bridgehead atoms. The van der Waals surface area contributed by atoms with Crippen molar-refractivity contribution in [2.24, 2.45) is 0 Å². The third-order valence-electron chi connectivity index (χ3n) is 4.20. The predicted octanol–water partition coefficient (Wildman–Crippen LogP) is 5.30. The normalized spacial score (nSPS) is 11.1. The van der Waals surface area contributed by atoms with E-state index in [0.717, 1.165) is 22.6 Å². The van der Waals surface area contributed by atoms with Crippen LogP contribution in [0.5, 0.6) is 0 Å². The van der Waals surface area contributed by atoms with Crippen molar-refractivity contribution in [3.8, 4) is 5.69 Å². The van der Waals surface area contributed by atoms with E-state index in [0.29, 0.717) is 5.56 Å². The Morgan fingerprint density at radius 2 is 1.67 bits per heavy atom. The molecule has 2 aromatic carbocycles. The maximum absolute atomic E-state index is 12.2. The molecule has 3 rings (SSSR count). The number of carbonyl (C=O) groups is 1. The first-order chi connectivity index (χ1) is 11.6. The average molecular weight is 315 g/mol. The molecule has 0 aliphatic heterocycles. The minimum absolute atomic E-state index is 0.0240. The van der Waals surface area contributed by atoms with E-state index in [9.17, 15) is 4.79 Å². The zero-order chi connectivity index (χ0) is 17.1. The Labute approximate surface area is 143 Å². The lowest BCUT2D eigenvalue weighted by atomic mass is 10.1. The van der Waals surface area contributed by atoms with Crippen molar-refractivity contribution in [3.05, 3.63) is 94.8 Å². The van der Waals surface area contributed by atoms with Crippen molar-refractivity contribution >= 4 is 11.9 Å². The van der Waals surface area contributed by atoms with Crippen LogP contribution >= 0.6 is 0 Å². The summed E-state index contributed by atoms with van der Waals surface area (Å²) in [6.07, 6.45) is 3.56. The maximum Gasteiger partial charge on any atom is 0.185 e. The maximum atomic E-state index is 12.2. The second-order valence-electron chi connectivity index (χ2n) is 6.06. The number of hydrogen-bond donors (Lipinski definition) is 0. The molecule has 0 saturated carbocycles. The van der Waals surface area contributed by atoms with Crippen molar-refractivity contribution in [3.63, 3.8) is 0 Å². The van der Waals surface area contributed by atoms with Gasteiger partial charge in [0.1, 0.15) is 0 Å². The SMILES string of the molecule is Cc1cccc(-n2c(C)cc(/C=C/C(=O)c3ccccc3)c2C)c1. The minimum Gasteiger partial charge on any atom is -0.318 e. The number of allylic oxidation sites excluding steroid dienone is 1. The monoisotopic (exact) mass is 315 g/mol. The first kappa shape index (κ1) is 16.0. The van der Waals surface area contributed by atoms with Gasteiger partial charge in [0, 0.05) is 22.6 Å². The van der Waals surface area contributed by atoms with E-state index in [1.807, 2.05) is 36.4 Å². The van der Waals surface area contributed by atoms with Gasteiger partial charge in [0.2, 0.25) is 0 Å². The number of nitrogens with zero attached hydrogens (tertiary/aromatic N) is 1. The van der Waals surface area contributed by atoms with Crippen LogP contribution in [0.2, 0.25) is 0 Å². The summed E-state index contributed by atoms with van der Waals surface area (Å²) < 4.78 is 2.22. The minimum atomic E-state index is 0.0240. The number of hydrogen-bond acceptors (Lipinski definition) is 1. The molecule has 0 radical (unpaired) electrons. The quantitative estimate of drug-likeness (QED) is 0.473. The summed E-state index contributed by atoms with van der Waals surface area (Å²) >= 11 is 0. The summed E-state index contributed by atoms with van der Waals surface area (Å²) in [6.45, 7) is 6.27. The lowest BCUT2D eigenvalue weighted by Crippen LogP contribution is -1.99. The zero-order valence-corrected chi connectivity index (χ0v) is 14.3. The third-order valence-corrected chi connectivity index (χ3v) is 4.20. The van der Waals surface area contributed by atoms with Gasteiger partial charge < -0.3 is 4.57 Å². The van der Waals surface area contributed by atoms with Crippen LogP contribution in [0.4, 0.5) is 0 Å². The van der Waals surface area contributed by atoms with Crippen LogP contribution in [0.15, 0.2) is 66.7 Å². The molecule has 120 valence electrons. The fourth-order valence-corrected chi connectivity index (χ4v) is 2.98. The highest BCUT2D eigenvalue weighted by Crippen LogP contribution is 2.22. The Kier molecular flexibility index (Phi) is 4.48. The number of ketones is 1. The number of aromatic nitrogens is 1. The Morgan fingerprint density at radius 1 is 0.917 bits per heavy atom. The summed E-state index contributed by atoms with van der Waals surface area (Å²) in [5.74, 6) is 0.0240. The van der Waals surface area contributed by atoms with Crippen LogP contribution in [0.3, 0.4) is 0 Å². The molecule has 0 atom stereocenters. The molecular formula is C22H21NO. The second kappa shape index (κ2) is 6.71. The van der Waals surface area contributed by atoms with Gasteiger partial charge >= 0.3 is 0 Å². The van der Waals surface area contributed by atoms with Gasteiger partial charge in [-0.15, -0.1) is 0 Å². The van der Waals surface area contributed by atoms with Crippen molar-refractivity contribution < 1.29 is 4.79 Å². The van der Waals surface area contributed by atoms with E-state index in [1.165, 1.54) is 5.56 Å². The smallest absolute Gasteiger partial charge is 0.185 e.